The predicted molar refractivity (Wildman–Crippen MR) is 76.3 cm³/mol. The summed E-state index contributed by atoms with van der Waals surface area (Å²) in [6, 6.07) is 10.2. The van der Waals surface area contributed by atoms with Crippen LogP contribution in [0.25, 0.3) is 0 Å². The summed E-state index contributed by atoms with van der Waals surface area (Å²) in [4.78, 5) is 0. The molecule has 2 aromatic rings. The van der Waals surface area contributed by atoms with Gasteiger partial charge in [-0.15, -0.1) is 0 Å². The van der Waals surface area contributed by atoms with Crippen LogP contribution in [-0.4, -0.2) is 4.57 Å². The minimum Gasteiger partial charge on any atom is -0.380 e. The predicted octanol–water partition coefficient (Wildman–Crippen LogP) is 3.58. The van der Waals surface area contributed by atoms with Gasteiger partial charge in [-0.1, -0.05) is 12.1 Å². The summed E-state index contributed by atoms with van der Waals surface area (Å²) < 4.78 is 2.92. The monoisotopic (exact) mass is 303 g/mol. The lowest BCUT2D eigenvalue weighted by Crippen LogP contribution is -1.99. The number of aromatic nitrogens is 1. The van der Waals surface area contributed by atoms with Crippen molar-refractivity contribution in [2.75, 3.05) is 5.32 Å². The van der Waals surface area contributed by atoms with Gasteiger partial charge in [-0.3, -0.25) is 0 Å². The molecule has 3 nitrogen and oxygen atoms in total. The highest BCUT2D eigenvalue weighted by atomic mass is 79.9. The second-order valence-electron chi connectivity index (χ2n) is 4.25. The molecule has 0 spiro atoms. The minimum absolute atomic E-state index is 0.676. The summed E-state index contributed by atoms with van der Waals surface area (Å²) in [7, 11) is 1.88. The molecule has 0 saturated carbocycles. The van der Waals surface area contributed by atoms with Gasteiger partial charge in [-0.05, 0) is 46.1 Å². The van der Waals surface area contributed by atoms with E-state index in [1.807, 2.05) is 36.0 Å². The smallest absolute Gasteiger partial charge is 0.120 e. The zero-order valence-electron chi connectivity index (χ0n) is 10.4. The highest BCUT2D eigenvalue weighted by Crippen LogP contribution is 2.26. The molecular weight excluding hydrogens is 290 g/mol. The number of nitriles is 1. The van der Waals surface area contributed by atoms with Gasteiger partial charge in [-0.2, -0.15) is 5.26 Å². The molecule has 0 unspecified atom stereocenters. The quantitative estimate of drug-likeness (QED) is 0.941. The Kier molecular flexibility index (Phi) is 3.73. The Labute approximate surface area is 115 Å². The molecule has 0 saturated heterocycles. The number of nitrogens with zero attached hydrogens (tertiary/aromatic N) is 2. The SMILES string of the molecule is Cc1cccc(NCc2cc(C#N)n(C)c2)c1Br. The van der Waals surface area contributed by atoms with E-state index < -0.39 is 0 Å². The van der Waals surface area contributed by atoms with E-state index in [-0.39, 0.29) is 0 Å². The fourth-order valence-corrected chi connectivity index (χ4v) is 2.23. The highest BCUT2D eigenvalue weighted by molar-refractivity contribution is 9.10. The molecule has 2 rings (SSSR count). The number of halogens is 1. The molecule has 4 heteroatoms. The summed E-state index contributed by atoms with van der Waals surface area (Å²) in [5.41, 5.74) is 4.04. The summed E-state index contributed by atoms with van der Waals surface area (Å²) >= 11 is 3.57. The van der Waals surface area contributed by atoms with E-state index in [2.05, 4.69) is 40.3 Å². The molecule has 0 aliphatic heterocycles. The molecule has 0 bridgehead atoms. The molecule has 0 fully saturated rings. The van der Waals surface area contributed by atoms with Gasteiger partial charge in [0.2, 0.25) is 0 Å². The maximum atomic E-state index is 8.90. The van der Waals surface area contributed by atoms with E-state index in [1.54, 1.807) is 0 Å². The van der Waals surface area contributed by atoms with Crippen LogP contribution in [0.3, 0.4) is 0 Å². The first-order valence-corrected chi connectivity index (χ1v) is 6.45. The first-order valence-electron chi connectivity index (χ1n) is 5.66. The van der Waals surface area contributed by atoms with Crippen molar-refractivity contribution in [1.29, 1.82) is 5.26 Å². The number of rotatable bonds is 3. The average Bonchev–Trinajstić information content (AvgIpc) is 2.72. The van der Waals surface area contributed by atoms with Crippen LogP contribution >= 0.6 is 15.9 Å². The Hall–Kier alpha value is -1.73. The van der Waals surface area contributed by atoms with E-state index in [0.717, 1.165) is 15.7 Å². The van der Waals surface area contributed by atoms with Gasteiger partial charge < -0.3 is 9.88 Å². The Morgan fingerprint density at radius 3 is 2.89 bits per heavy atom. The van der Waals surface area contributed by atoms with E-state index in [0.29, 0.717) is 12.2 Å². The fourth-order valence-electron chi connectivity index (χ4n) is 1.82. The third-order valence-electron chi connectivity index (χ3n) is 2.85. The lowest BCUT2D eigenvalue weighted by Gasteiger charge is -2.09. The van der Waals surface area contributed by atoms with E-state index >= 15 is 0 Å². The molecule has 1 aromatic carbocycles. The zero-order chi connectivity index (χ0) is 13.1. The molecular formula is C14H14BrN3. The van der Waals surface area contributed by atoms with Crippen LogP contribution in [0.5, 0.6) is 0 Å². The van der Waals surface area contributed by atoms with Gasteiger partial charge in [0.1, 0.15) is 11.8 Å². The van der Waals surface area contributed by atoms with Gasteiger partial charge in [0.15, 0.2) is 0 Å². The average molecular weight is 304 g/mol. The second kappa shape index (κ2) is 5.28. The second-order valence-corrected chi connectivity index (χ2v) is 5.04. The topological polar surface area (TPSA) is 40.8 Å². The third-order valence-corrected chi connectivity index (χ3v) is 3.90. The van der Waals surface area contributed by atoms with Crippen LogP contribution in [0, 0.1) is 18.3 Å². The van der Waals surface area contributed by atoms with Gasteiger partial charge in [0.25, 0.3) is 0 Å². The molecule has 0 radical (unpaired) electrons. The van der Waals surface area contributed by atoms with Gasteiger partial charge in [0, 0.05) is 29.9 Å². The number of hydrogen-bond donors (Lipinski definition) is 1. The van der Waals surface area contributed by atoms with Crippen molar-refractivity contribution in [2.24, 2.45) is 7.05 Å². The molecule has 0 amide bonds. The summed E-state index contributed by atoms with van der Waals surface area (Å²) in [6.45, 7) is 2.77. The minimum atomic E-state index is 0.676. The first kappa shape index (κ1) is 12.7. The van der Waals surface area contributed by atoms with Crippen LogP contribution < -0.4 is 5.32 Å². The Bertz CT molecular complexity index is 608. The van der Waals surface area contributed by atoms with E-state index in [1.165, 1.54) is 5.56 Å². The molecule has 1 aromatic heterocycles. The van der Waals surface area contributed by atoms with Crippen molar-refractivity contribution in [2.45, 2.75) is 13.5 Å². The normalized spacial score (nSPS) is 10.1. The van der Waals surface area contributed by atoms with Gasteiger partial charge >= 0.3 is 0 Å². The van der Waals surface area contributed by atoms with Crippen molar-refractivity contribution < 1.29 is 0 Å². The maximum Gasteiger partial charge on any atom is 0.120 e. The van der Waals surface area contributed by atoms with Crippen molar-refractivity contribution in [3.05, 3.63) is 51.8 Å². The van der Waals surface area contributed by atoms with E-state index in [9.17, 15) is 0 Å². The highest BCUT2D eigenvalue weighted by Gasteiger charge is 2.04. The molecule has 0 aliphatic rings. The Balaban J connectivity index is 2.12. The van der Waals surface area contributed by atoms with Crippen molar-refractivity contribution >= 4 is 21.6 Å². The fraction of sp³-hybridized carbons (Fsp3) is 0.214. The number of hydrogen-bond acceptors (Lipinski definition) is 2. The van der Waals surface area contributed by atoms with E-state index in [4.69, 9.17) is 5.26 Å². The standard InChI is InChI=1S/C14H14BrN3/c1-10-4-3-5-13(14(10)15)17-8-11-6-12(7-16)18(2)9-11/h3-6,9,17H,8H2,1-2H3. The largest absolute Gasteiger partial charge is 0.380 e. The number of benzene rings is 1. The van der Waals surface area contributed by atoms with Crippen LogP contribution in [0.4, 0.5) is 5.69 Å². The van der Waals surface area contributed by atoms with Crippen molar-refractivity contribution in [1.82, 2.24) is 4.57 Å². The van der Waals surface area contributed by atoms with Crippen molar-refractivity contribution in [3.8, 4) is 6.07 Å². The Morgan fingerprint density at radius 2 is 2.22 bits per heavy atom. The Morgan fingerprint density at radius 1 is 1.44 bits per heavy atom. The molecule has 92 valence electrons. The molecule has 1 N–H and O–H groups in total. The lowest BCUT2D eigenvalue weighted by atomic mass is 10.2. The molecule has 0 atom stereocenters. The summed E-state index contributed by atoms with van der Waals surface area (Å²) in [5.74, 6) is 0. The number of aryl methyl sites for hydroxylation is 2. The van der Waals surface area contributed by atoms with Crippen LogP contribution in [0.1, 0.15) is 16.8 Å². The molecule has 0 aliphatic carbocycles. The number of nitrogens with one attached hydrogen (secondary N) is 1. The van der Waals surface area contributed by atoms with Gasteiger partial charge in [-0.25, -0.2) is 0 Å². The summed E-state index contributed by atoms with van der Waals surface area (Å²) in [5, 5.41) is 12.3. The van der Waals surface area contributed by atoms with Crippen LogP contribution in [-0.2, 0) is 13.6 Å². The van der Waals surface area contributed by atoms with Gasteiger partial charge in [0.05, 0.1) is 0 Å². The molecule has 1 heterocycles. The molecule has 18 heavy (non-hydrogen) atoms. The number of anilines is 1. The summed E-state index contributed by atoms with van der Waals surface area (Å²) in [6.07, 6.45) is 1.97. The third kappa shape index (κ3) is 2.57. The maximum absolute atomic E-state index is 8.90. The van der Waals surface area contributed by atoms with Crippen LogP contribution in [0.15, 0.2) is 34.9 Å². The zero-order valence-corrected chi connectivity index (χ0v) is 12.0. The van der Waals surface area contributed by atoms with Crippen molar-refractivity contribution in [3.63, 3.8) is 0 Å². The first-order chi connectivity index (χ1) is 8.61. The van der Waals surface area contributed by atoms with Crippen LogP contribution in [0.2, 0.25) is 0 Å². The lowest BCUT2D eigenvalue weighted by molar-refractivity contribution is 0.902.